The Bertz CT molecular complexity index is 371. The minimum absolute atomic E-state index is 0.00549. The lowest BCUT2D eigenvalue weighted by Gasteiger charge is -2.14. The summed E-state index contributed by atoms with van der Waals surface area (Å²) in [5, 5.41) is 7.41. The van der Waals surface area contributed by atoms with Gasteiger partial charge < -0.3 is 4.90 Å². The van der Waals surface area contributed by atoms with E-state index in [0.717, 1.165) is 0 Å². The van der Waals surface area contributed by atoms with Gasteiger partial charge in [-0.3, -0.25) is 4.79 Å². The zero-order valence-corrected chi connectivity index (χ0v) is 8.66. The number of carbonyl (C=O) groups is 1. The van der Waals surface area contributed by atoms with E-state index in [4.69, 9.17) is 23.2 Å². The Morgan fingerprint density at radius 2 is 2.36 bits per heavy atom. The molecular weight excluding hydrogens is 225 g/mol. The lowest BCUT2D eigenvalue weighted by Crippen LogP contribution is -2.24. The van der Waals surface area contributed by atoms with Crippen LogP contribution < -0.4 is 4.90 Å². The topological polar surface area (TPSA) is 46.1 Å². The second kappa shape index (κ2) is 3.71. The largest absolute Gasteiger partial charge is 0.309 e. The van der Waals surface area contributed by atoms with E-state index >= 15 is 0 Å². The smallest absolute Gasteiger partial charge is 0.228 e. The number of hydrogen-bond acceptors (Lipinski definition) is 3. The Balaban J connectivity index is 2.27. The lowest BCUT2D eigenvalue weighted by molar-refractivity contribution is -0.117. The monoisotopic (exact) mass is 231 g/mol. The number of anilines is 1. The molecule has 2 rings (SSSR count). The van der Waals surface area contributed by atoms with Gasteiger partial charge in [-0.2, -0.15) is 5.10 Å². The highest BCUT2D eigenvalue weighted by Gasteiger charge is 2.29. The minimum Gasteiger partial charge on any atom is -0.309 e. The van der Waals surface area contributed by atoms with E-state index < -0.39 is 0 Å². The molecule has 0 N–H and O–H groups in total. The minimum atomic E-state index is -0.130. The van der Waals surface area contributed by atoms with Crippen molar-refractivity contribution in [1.82, 2.24) is 10.2 Å². The van der Waals surface area contributed by atoms with Crippen LogP contribution in [0, 0.1) is 0 Å². The van der Waals surface area contributed by atoms with Crippen LogP contribution in [0.15, 0.2) is 12.3 Å². The first kappa shape index (κ1) is 9.68. The SMILES string of the molecule is O=C1CC(Cl)CN1c1cnnc(Cl)c1. The first-order valence-electron chi connectivity index (χ1n) is 4.09. The van der Waals surface area contributed by atoms with Crippen molar-refractivity contribution in [1.29, 1.82) is 0 Å². The number of carbonyl (C=O) groups excluding carboxylic acids is 1. The van der Waals surface area contributed by atoms with E-state index in [1.165, 1.54) is 6.20 Å². The second-order valence-electron chi connectivity index (χ2n) is 3.04. The van der Waals surface area contributed by atoms with Gasteiger partial charge in [0.25, 0.3) is 0 Å². The molecule has 1 aliphatic rings. The van der Waals surface area contributed by atoms with Crippen LogP contribution in [-0.2, 0) is 4.79 Å². The van der Waals surface area contributed by atoms with Crippen LogP contribution >= 0.6 is 23.2 Å². The van der Waals surface area contributed by atoms with Gasteiger partial charge in [0.2, 0.25) is 5.91 Å². The first-order valence-corrected chi connectivity index (χ1v) is 4.91. The van der Waals surface area contributed by atoms with E-state index in [1.807, 2.05) is 0 Å². The van der Waals surface area contributed by atoms with Gasteiger partial charge in [-0.1, -0.05) is 11.6 Å². The Morgan fingerprint density at radius 1 is 1.57 bits per heavy atom. The van der Waals surface area contributed by atoms with Gasteiger partial charge in [0, 0.05) is 19.0 Å². The summed E-state index contributed by atoms with van der Waals surface area (Å²) in [5.41, 5.74) is 0.651. The van der Waals surface area contributed by atoms with Crippen molar-refractivity contribution in [3.05, 3.63) is 17.4 Å². The number of hydrogen-bond donors (Lipinski definition) is 0. The van der Waals surface area contributed by atoms with Crippen LogP contribution in [0.25, 0.3) is 0 Å². The van der Waals surface area contributed by atoms with Crippen LogP contribution in [0.5, 0.6) is 0 Å². The molecule has 0 bridgehead atoms. The molecule has 14 heavy (non-hydrogen) atoms. The summed E-state index contributed by atoms with van der Waals surface area (Å²) >= 11 is 11.5. The maximum atomic E-state index is 11.4. The number of aromatic nitrogens is 2. The van der Waals surface area contributed by atoms with E-state index in [9.17, 15) is 4.79 Å². The fraction of sp³-hybridized carbons (Fsp3) is 0.375. The predicted octanol–water partition coefficient (Wildman–Crippen LogP) is 1.47. The summed E-state index contributed by atoms with van der Waals surface area (Å²) in [4.78, 5) is 13.0. The van der Waals surface area contributed by atoms with Gasteiger partial charge in [-0.25, -0.2) is 0 Å². The Hall–Kier alpha value is -0.870. The summed E-state index contributed by atoms with van der Waals surface area (Å²) < 4.78 is 0. The maximum Gasteiger partial charge on any atom is 0.228 e. The van der Waals surface area contributed by atoms with Crippen LogP contribution in [0.1, 0.15) is 6.42 Å². The van der Waals surface area contributed by atoms with Crippen LogP contribution in [-0.4, -0.2) is 28.0 Å². The van der Waals surface area contributed by atoms with Crippen molar-refractivity contribution in [2.45, 2.75) is 11.8 Å². The Kier molecular flexibility index (Phi) is 2.56. The van der Waals surface area contributed by atoms with Crippen molar-refractivity contribution in [3.8, 4) is 0 Å². The molecule has 1 aromatic heterocycles. The first-order chi connectivity index (χ1) is 6.66. The molecule has 1 unspecified atom stereocenters. The third-order valence-electron chi connectivity index (χ3n) is 2.00. The average molecular weight is 232 g/mol. The molecule has 1 atom stereocenters. The van der Waals surface area contributed by atoms with E-state index in [1.54, 1.807) is 11.0 Å². The molecule has 0 aliphatic carbocycles. The van der Waals surface area contributed by atoms with Crippen LogP contribution in [0.4, 0.5) is 5.69 Å². The fourth-order valence-electron chi connectivity index (χ4n) is 1.39. The van der Waals surface area contributed by atoms with E-state index in [0.29, 0.717) is 18.7 Å². The molecule has 1 saturated heterocycles. The highest BCUT2D eigenvalue weighted by atomic mass is 35.5. The van der Waals surface area contributed by atoms with Crippen molar-refractivity contribution >= 4 is 34.8 Å². The third-order valence-corrected chi connectivity index (χ3v) is 2.48. The summed E-state index contributed by atoms with van der Waals surface area (Å²) in [7, 11) is 0. The van der Waals surface area contributed by atoms with Crippen molar-refractivity contribution in [3.63, 3.8) is 0 Å². The quantitative estimate of drug-likeness (QED) is 0.689. The fourth-order valence-corrected chi connectivity index (χ4v) is 1.82. The number of halogens is 2. The molecule has 1 aromatic rings. The number of alkyl halides is 1. The van der Waals surface area contributed by atoms with Gasteiger partial charge in [0.15, 0.2) is 5.15 Å². The third kappa shape index (κ3) is 1.81. The standard InChI is InChI=1S/C8H7Cl2N3O/c9-5-1-8(14)13(4-5)6-2-7(10)12-11-3-6/h2-3,5H,1,4H2. The van der Waals surface area contributed by atoms with Crippen molar-refractivity contribution < 1.29 is 4.79 Å². The molecule has 0 radical (unpaired) electrons. The van der Waals surface area contributed by atoms with Gasteiger partial charge in [-0.05, 0) is 0 Å². The zero-order valence-electron chi connectivity index (χ0n) is 7.15. The summed E-state index contributed by atoms with van der Waals surface area (Å²) in [6, 6.07) is 1.60. The van der Waals surface area contributed by atoms with Gasteiger partial charge in [-0.15, -0.1) is 16.7 Å². The molecule has 0 saturated carbocycles. The van der Waals surface area contributed by atoms with Gasteiger partial charge in [0.05, 0.1) is 17.3 Å². The highest BCUT2D eigenvalue weighted by molar-refractivity contribution is 6.29. The Morgan fingerprint density at radius 3 is 2.93 bits per heavy atom. The maximum absolute atomic E-state index is 11.4. The van der Waals surface area contributed by atoms with E-state index in [-0.39, 0.29) is 16.4 Å². The highest BCUT2D eigenvalue weighted by Crippen LogP contribution is 2.24. The number of rotatable bonds is 1. The lowest BCUT2D eigenvalue weighted by atomic mass is 10.4. The molecule has 2 heterocycles. The van der Waals surface area contributed by atoms with Gasteiger partial charge >= 0.3 is 0 Å². The molecule has 1 amide bonds. The summed E-state index contributed by atoms with van der Waals surface area (Å²) in [5.74, 6) is -0.00549. The summed E-state index contributed by atoms with van der Waals surface area (Å²) in [6.45, 7) is 0.502. The normalized spacial score (nSPS) is 21.7. The molecule has 74 valence electrons. The van der Waals surface area contributed by atoms with Crippen molar-refractivity contribution in [2.75, 3.05) is 11.4 Å². The van der Waals surface area contributed by atoms with Crippen LogP contribution in [0.3, 0.4) is 0 Å². The second-order valence-corrected chi connectivity index (χ2v) is 4.05. The number of nitrogens with zero attached hydrogens (tertiary/aromatic N) is 3. The molecule has 1 aliphatic heterocycles. The molecule has 0 spiro atoms. The van der Waals surface area contributed by atoms with Crippen LogP contribution in [0.2, 0.25) is 5.15 Å². The predicted molar refractivity (Wildman–Crippen MR) is 53.7 cm³/mol. The molecule has 6 heteroatoms. The average Bonchev–Trinajstić information content (AvgIpc) is 2.45. The zero-order chi connectivity index (χ0) is 10.1. The Labute approximate surface area is 90.8 Å². The van der Waals surface area contributed by atoms with Crippen molar-refractivity contribution in [2.24, 2.45) is 0 Å². The molecule has 0 aromatic carbocycles. The molecular formula is C8H7Cl2N3O. The number of amides is 1. The molecule has 1 fully saturated rings. The molecule has 4 nitrogen and oxygen atoms in total. The summed E-state index contributed by atoms with van der Waals surface area (Å²) in [6.07, 6.45) is 1.86. The van der Waals surface area contributed by atoms with E-state index in [2.05, 4.69) is 10.2 Å². The van der Waals surface area contributed by atoms with Gasteiger partial charge in [0.1, 0.15) is 0 Å².